The molecule has 0 aliphatic carbocycles. The van der Waals surface area contributed by atoms with E-state index in [1.807, 2.05) is 44.2 Å². The fourth-order valence-electron chi connectivity index (χ4n) is 2.21. The summed E-state index contributed by atoms with van der Waals surface area (Å²) in [5.41, 5.74) is 1.78. The minimum absolute atomic E-state index is 0.0319. The standard InChI is InChI=1S/C15H12N4OS3/c20-14(10-4-7-21-8-10)16-5-3-11-9-23-15-17-13(18-19(11)15)12-2-1-6-22-12/h1-2,4,6-9H,3,5H2,(H,16,20). The zero-order valence-corrected chi connectivity index (χ0v) is 14.4. The number of hydrogen-bond acceptors (Lipinski definition) is 6. The van der Waals surface area contributed by atoms with Crippen LogP contribution < -0.4 is 5.32 Å². The Balaban J connectivity index is 1.46. The number of rotatable bonds is 5. The smallest absolute Gasteiger partial charge is 0.252 e. The SMILES string of the molecule is O=C(NCCc1csc2nc(-c3cccs3)nn12)c1ccsc1. The molecule has 0 saturated heterocycles. The van der Waals surface area contributed by atoms with Gasteiger partial charge in [-0.25, -0.2) is 4.52 Å². The number of hydrogen-bond donors (Lipinski definition) is 1. The molecule has 4 heterocycles. The Hall–Kier alpha value is -2.03. The first-order valence-electron chi connectivity index (χ1n) is 6.99. The number of nitrogens with one attached hydrogen (secondary N) is 1. The summed E-state index contributed by atoms with van der Waals surface area (Å²) in [6, 6.07) is 5.84. The summed E-state index contributed by atoms with van der Waals surface area (Å²) in [6.07, 6.45) is 0.725. The van der Waals surface area contributed by atoms with Gasteiger partial charge < -0.3 is 5.32 Å². The first kappa shape index (κ1) is 14.6. The highest BCUT2D eigenvalue weighted by Gasteiger charge is 2.12. The number of carbonyl (C=O) groups is 1. The molecular weight excluding hydrogens is 348 g/mol. The van der Waals surface area contributed by atoms with Gasteiger partial charge in [-0.2, -0.15) is 16.3 Å². The highest BCUT2D eigenvalue weighted by molar-refractivity contribution is 7.15. The van der Waals surface area contributed by atoms with Crippen molar-refractivity contribution in [2.75, 3.05) is 6.54 Å². The number of carbonyl (C=O) groups excluding carboxylic acids is 1. The van der Waals surface area contributed by atoms with Gasteiger partial charge in [-0.15, -0.1) is 27.8 Å². The van der Waals surface area contributed by atoms with Gasteiger partial charge in [-0.3, -0.25) is 4.79 Å². The minimum atomic E-state index is -0.0319. The molecule has 0 bridgehead atoms. The van der Waals surface area contributed by atoms with E-state index in [9.17, 15) is 4.79 Å². The third-order valence-electron chi connectivity index (χ3n) is 3.34. The van der Waals surface area contributed by atoms with Crippen molar-refractivity contribution in [3.63, 3.8) is 0 Å². The zero-order valence-electron chi connectivity index (χ0n) is 11.9. The lowest BCUT2D eigenvalue weighted by atomic mass is 10.3. The zero-order chi connectivity index (χ0) is 15.6. The number of thiazole rings is 1. The van der Waals surface area contributed by atoms with Crippen molar-refractivity contribution >= 4 is 44.9 Å². The predicted molar refractivity (Wildman–Crippen MR) is 94.5 cm³/mol. The first-order valence-corrected chi connectivity index (χ1v) is 9.69. The van der Waals surface area contributed by atoms with Crippen molar-refractivity contribution in [2.24, 2.45) is 0 Å². The molecule has 0 saturated carbocycles. The molecule has 4 rings (SSSR count). The molecule has 0 spiro atoms. The molecule has 0 aromatic carbocycles. The van der Waals surface area contributed by atoms with E-state index in [-0.39, 0.29) is 5.91 Å². The maximum absolute atomic E-state index is 11.9. The largest absolute Gasteiger partial charge is 0.352 e. The summed E-state index contributed by atoms with van der Waals surface area (Å²) in [7, 11) is 0. The van der Waals surface area contributed by atoms with Crippen LogP contribution in [0.5, 0.6) is 0 Å². The van der Waals surface area contributed by atoms with Crippen LogP contribution in [0.4, 0.5) is 0 Å². The average Bonchev–Trinajstić information content (AvgIpc) is 3.32. The number of fused-ring (bicyclic) bond motifs is 1. The summed E-state index contributed by atoms with van der Waals surface area (Å²) in [6.45, 7) is 0.578. The monoisotopic (exact) mass is 360 g/mol. The highest BCUT2D eigenvalue weighted by Crippen LogP contribution is 2.24. The molecule has 0 atom stereocenters. The predicted octanol–water partition coefficient (Wildman–Crippen LogP) is 3.55. The number of amides is 1. The molecule has 0 unspecified atom stereocenters. The molecule has 1 N–H and O–H groups in total. The van der Waals surface area contributed by atoms with Gasteiger partial charge in [0.2, 0.25) is 4.96 Å². The van der Waals surface area contributed by atoms with Crippen LogP contribution in [0, 0.1) is 0 Å². The maximum atomic E-state index is 11.9. The van der Waals surface area contributed by atoms with Crippen LogP contribution >= 0.6 is 34.0 Å². The summed E-state index contributed by atoms with van der Waals surface area (Å²) >= 11 is 4.72. The van der Waals surface area contributed by atoms with Gasteiger partial charge in [0.1, 0.15) is 0 Å². The van der Waals surface area contributed by atoms with Crippen molar-refractivity contribution in [1.29, 1.82) is 0 Å². The molecule has 116 valence electrons. The molecule has 4 aromatic heterocycles. The lowest BCUT2D eigenvalue weighted by molar-refractivity contribution is 0.0954. The Morgan fingerprint density at radius 1 is 1.22 bits per heavy atom. The molecule has 0 fully saturated rings. The molecule has 0 aliphatic rings. The van der Waals surface area contributed by atoms with Crippen LogP contribution in [0.15, 0.2) is 39.7 Å². The quantitative estimate of drug-likeness (QED) is 0.592. The van der Waals surface area contributed by atoms with E-state index in [4.69, 9.17) is 0 Å². The molecule has 0 radical (unpaired) electrons. The van der Waals surface area contributed by atoms with Crippen LogP contribution in [0.25, 0.3) is 15.7 Å². The first-order chi connectivity index (χ1) is 11.3. The van der Waals surface area contributed by atoms with Crippen LogP contribution in [-0.4, -0.2) is 27.0 Å². The molecule has 5 nitrogen and oxygen atoms in total. The maximum Gasteiger partial charge on any atom is 0.252 e. The van der Waals surface area contributed by atoms with Crippen molar-refractivity contribution in [3.05, 3.63) is 51.0 Å². The van der Waals surface area contributed by atoms with Crippen molar-refractivity contribution in [2.45, 2.75) is 6.42 Å². The summed E-state index contributed by atoms with van der Waals surface area (Å²) < 4.78 is 1.87. The summed E-state index contributed by atoms with van der Waals surface area (Å²) in [4.78, 5) is 18.4. The third-order valence-corrected chi connectivity index (χ3v) is 5.76. The van der Waals surface area contributed by atoms with E-state index in [0.717, 1.165) is 27.8 Å². The van der Waals surface area contributed by atoms with Crippen LogP contribution in [-0.2, 0) is 6.42 Å². The van der Waals surface area contributed by atoms with Gasteiger partial charge in [-0.05, 0) is 22.9 Å². The van der Waals surface area contributed by atoms with Gasteiger partial charge in [0.15, 0.2) is 5.82 Å². The molecule has 23 heavy (non-hydrogen) atoms. The highest BCUT2D eigenvalue weighted by atomic mass is 32.1. The minimum Gasteiger partial charge on any atom is -0.352 e. The Morgan fingerprint density at radius 2 is 2.17 bits per heavy atom. The van der Waals surface area contributed by atoms with E-state index in [0.29, 0.717) is 12.1 Å². The fourth-order valence-corrected chi connectivity index (χ4v) is 4.35. The number of aromatic nitrogens is 3. The lowest BCUT2D eigenvalue weighted by Crippen LogP contribution is -2.25. The van der Waals surface area contributed by atoms with E-state index in [1.54, 1.807) is 22.7 Å². The Kier molecular flexibility index (Phi) is 3.94. The van der Waals surface area contributed by atoms with E-state index in [2.05, 4.69) is 15.4 Å². The average molecular weight is 360 g/mol. The second kappa shape index (κ2) is 6.23. The Labute approximate surface area is 144 Å². The van der Waals surface area contributed by atoms with Crippen molar-refractivity contribution in [1.82, 2.24) is 19.9 Å². The van der Waals surface area contributed by atoms with Crippen LogP contribution in [0.1, 0.15) is 16.1 Å². The van der Waals surface area contributed by atoms with Gasteiger partial charge >= 0.3 is 0 Å². The third kappa shape index (κ3) is 2.92. The summed E-state index contributed by atoms with van der Waals surface area (Å²) in [5, 5.41) is 15.3. The summed E-state index contributed by atoms with van der Waals surface area (Å²) in [5.74, 6) is 0.728. The lowest BCUT2D eigenvalue weighted by Gasteiger charge is -2.02. The van der Waals surface area contributed by atoms with E-state index < -0.39 is 0 Å². The van der Waals surface area contributed by atoms with Gasteiger partial charge in [-0.1, -0.05) is 6.07 Å². The normalized spacial score (nSPS) is 11.1. The second-order valence-electron chi connectivity index (χ2n) is 4.85. The van der Waals surface area contributed by atoms with Gasteiger partial charge in [0.25, 0.3) is 5.91 Å². The molecular formula is C15H12N4OS3. The molecule has 1 amide bonds. The Bertz CT molecular complexity index is 922. The molecule has 4 aromatic rings. The van der Waals surface area contributed by atoms with Crippen molar-refractivity contribution < 1.29 is 4.79 Å². The van der Waals surface area contributed by atoms with Gasteiger partial charge in [0.05, 0.1) is 10.6 Å². The van der Waals surface area contributed by atoms with Crippen LogP contribution in [0.2, 0.25) is 0 Å². The number of thiophene rings is 2. The van der Waals surface area contributed by atoms with Crippen molar-refractivity contribution in [3.8, 4) is 10.7 Å². The van der Waals surface area contributed by atoms with Crippen LogP contribution in [0.3, 0.4) is 0 Å². The Morgan fingerprint density at radius 3 is 2.96 bits per heavy atom. The van der Waals surface area contributed by atoms with E-state index in [1.165, 1.54) is 11.3 Å². The van der Waals surface area contributed by atoms with E-state index >= 15 is 0 Å². The molecule has 8 heteroatoms. The molecule has 0 aliphatic heterocycles. The number of nitrogens with zero attached hydrogens (tertiary/aromatic N) is 3. The fraction of sp³-hybridized carbons (Fsp3) is 0.133. The topological polar surface area (TPSA) is 59.3 Å². The van der Waals surface area contributed by atoms with Gasteiger partial charge in [0, 0.05) is 29.3 Å². The second-order valence-corrected chi connectivity index (χ2v) is 7.42.